The van der Waals surface area contributed by atoms with Gasteiger partial charge in [-0.15, -0.1) is 0 Å². The first-order valence-electron chi connectivity index (χ1n) is 13.4. The second-order valence-electron chi connectivity index (χ2n) is 9.98. The minimum Gasteiger partial charge on any atom is -0.494 e. The highest BCUT2D eigenvalue weighted by Crippen LogP contribution is 2.31. The SMILES string of the molecule is N#C[C@@H]1CC(F)(F)CN1C(=O)CNC(=O)c1ccncc1-c1ccc(OCCCN2CCN(C(=O)CN)CC2)cc1. The van der Waals surface area contributed by atoms with Crippen LogP contribution < -0.4 is 15.8 Å². The van der Waals surface area contributed by atoms with Gasteiger partial charge in [0.2, 0.25) is 11.8 Å². The molecule has 0 spiro atoms. The van der Waals surface area contributed by atoms with Gasteiger partial charge in [0, 0.05) is 57.1 Å². The highest BCUT2D eigenvalue weighted by atomic mass is 19.3. The van der Waals surface area contributed by atoms with Gasteiger partial charge in [0.05, 0.1) is 37.9 Å². The molecule has 0 aliphatic carbocycles. The van der Waals surface area contributed by atoms with Crippen LogP contribution in [0.4, 0.5) is 8.78 Å². The number of hydrogen-bond acceptors (Lipinski definition) is 8. The first-order valence-corrected chi connectivity index (χ1v) is 13.4. The van der Waals surface area contributed by atoms with Crippen LogP contribution in [0.3, 0.4) is 0 Å². The Labute approximate surface area is 236 Å². The van der Waals surface area contributed by atoms with Crippen LogP contribution in [0.25, 0.3) is 11.1 Å². The van der Waals surface area contributed by atoms with Crippen molar-refractivity contribution in [2.75, 3.05) is 59.0 Å². The number of piperazine rings is 1. The molecule has 2 saturated heterocycles. The normalized spacial score (nSPS) is 18.5. The summed E-state index contributed by atoms with van der Waals surface area (Å²) in [5, 5.41) is 11.6. The third-order valence-electron chi connectivity index (χ3n) is 7.16. The lowest BCUT2D eigenvalue weighted by Gasteiger charge is -2.34. The molecule has 2 aromatic rings. The lowest BCUT2D eigenvalue weighted by molar-refractivity contribution is -0.132. The molecule has 0 saturated carbocycles. The number of nitrogens with two attached hydrogens (primary N) is 1. The number of alkyl halides is 2. The van der Waals surface area contributed by atoms with Crippen LogP contribution in [0.5, 0.6) is 5.75 Å². The molecule has 4 rings (SSSR count). The second kappa shape index (κ2) is 13.5. The van der Waals surface area contributed by atoms with E-state index >= 15 is 0 Å². The zero-order valence-electron chi connectivity index (χ0n) is 22.6. The van der Waals surface area contributed by atoms with E-state index in [0.717, 1.165) is 31.0 Å². The summed E-state index contributed by atoms with van der Waals surface area (Å²) in [6, 6.07) is 9.18. The highest BCUT2D eigenvalue weighted by molar-refractivity contribution is 6.02. The van der Waals surface area contributed by atoms with Crippen molar-refractivity contribution in [2.24, 2.45) is 5.73 Å². The van der Waals surface area contributed by atoms with Crippen molar-refractivity contribution in [1.29, 1.82) is 5.26 Å². The minimum absolute atomic E-state index is 0.0208. The Morgan fingerprint density at radius 1 is 1.12 bits per heavy atom. The molecule has 0 bridgehead atoms. The van der Waals surface area contributed by atoms with Crippen LogP contribution in [0.2, 0.25) is 0 Å². The monoisotopic (exact) mass is 569 g/mol. The van der Waals surface area contributed by atoms with Gasteiger partial charge in [-0.25, -0.2) is 8.78 Å². The fourth-order valence-electron chi connectivity index (χ4n) is 4.93. The zero-order valence-corrected chi connectivity index (χ0v) is 22.6. The molecule has 13 heteroatoms. The molecule has 2 aliphatic rings. The van der Waals surface area contributed by atoms with E-state index in [-0.39, 0.29) is 18.0 Å². The molecule has 3 heterocycles. The van der Waals surface area contributed by atoms with Gasteiger partial charge in [-0.05, 0) is 30.2 Å². The molecule has 1 aromatic carbocycles. The largest absolute Gasteiger partial charge is 0.494 e. The number of aromatic nitrogens is 1. The maximum Gasteiger partial charge on any atom is 0.268 e. The third kappa shape index (κ3) is 7.74. The fraction of sp³-hybridized carbons (Fsp3) is 0.464. The number of nitrogens with zero attached hydrogens (tertiary/aromatic N) is 5. The summed E-state index contributed by atoms with van der Waals surface area (Å²) >= 11 is 0. The first kappa shape index (κ1) is 29.8. The van der Waals surface area contributed by atoms with Gasteiger partial charge in [-0.2, -0.15) is 5.26 Å². The van der Waals surface area contributed by atoms with Crippen molar-refractivity contribution >= 4 is 17.7 Å². The summed E-state index contributed by atoms with van der Waals surface area (Å²) in [5.41, 5.74) is 6.92. The third-order valence-corrected chi connectivity index (χ3v) is 7.16. The Balaban J connectivity index is 1.26. The maximum absolute atomic E-state index is 13.7. The lowest BCUT2D eigenvalue weighted by atomic mass is 10.0. The van der Waals surface area contributed by atoms with E-state index in [9.17, 15) is 23.2 Å². The van der Waals surface area contributed by atoms with Crippen molar-refractivity contribution in [3.63, 3.8) is 0 Å². The second-order valence-corrected chi connectivity index (χ2v) is 9.98. The molecule has 1 aromatic heterocycles. The van der Waals surface area contributed by atoms with Crippen molar-refractivity contribution in [2.45, 2.75) is 24.8 Å². The van der Waals surface area contributed by atoms with E-state index in [4.69, 9.17) is 15.7 Å². The van der Waals surface area contributed by atoms with Gasteiger partial charge in [0.15, 0.2) is 0 Å². The number of likely N-dealkylation sites (tertiary alicyclic amines) is 1. The van der Waals surface area contributed by atoms with Crippen LogP contribution in [0.1, 0.15) is 23.2 Å². The number of rotatable bonds is 10. The molecule has 0 unspecified atom stereocenters. The first-order chi connectivity index (χ1) is 19.7. The zero-order chi connectivity index (χ0) is 29.4. The Morgan fingerprint density at radius 3 is 2.54 bits per heavy atom. The van der Waals surface area contributed by atoms with E-state index in [0.29, 0.717) is 36.6 Å². The molecule has 3 N–H and O–H groups in total. The molecular weight excluding hydrogens is 536 g/mol. The fourth-order valence-corrected chi connectivity index (χ4v) is 4.93. The molecular formula is C28H33F2N7O4. The van der Waals surface area contributed by atoms with E-state index in [2.05, 4.69) is 15.2 Å². The van der Waals surface area contributed by atoms with Crippen LogP contribution in [0.15, 0.2) is 42.7 Å². The smallest absolute Gasteiger partial charge is 0.268 e. The average Bonchev–Trinajstić information content (AvgIpc) is 3.32. The van der Waals surface area contributed by atoms with Crippen LogP contribution in [0, 0.1) is 11.3 Å². The van der Waals surface area contributed by atoms with Gasteiger partial charge in [0.25, 0.3) is 11.8 Å². The summed E-state index contributed by atoms with van der Waals surface area (Å²) in [4.78, 5) is 46.0. The maximum atomic E-state index is 13.7. The van der Waals surface area contributed by atoms with E-state index < -0.39 is 43.3 Å². The van der Waals surface area contributed by atoms with E-state index in [1.54, 1.807) is 35.2 Å². The molecule has 0 radical (unpaired) electrons. The molecule has 218 valence electrons. The van der Waals surface area contributed by atoms with Gasteiger partial charge in [-0.1, -0.05) is 12.1 Å². The number of carbonyl (C=O) groups is 3. The summed E-state index contributed by atoms with van der Waals surface area (Å²) in [6.07, 6.45) is 3.08. The van der Waals surface area contributed by atoms with E-state index in [1.807, 2.05) is 0 Å². The average molecular weight is 570 g/mol. The summed E-state index contributed by atoms with van der Waals surface area (Å²) in [5.74, 6) is -3.79. The highest BCUT2D eigenvalue weighted by Gasteiger charge is 2.47. The number of halogens is 2. The number of pyridine rings is 1. The van der Waals surface area contributed by atoms with Crippen molar-refractivity contribution in [1.82, 2.24) is 25.0 Å². The Kier molecular flexibility index (Phi) is 9.80. The number of nitrogens with one attached hydrogen (secondary N) is 1. The van der Waals surface area contributed by atoms with Crippen LogP contribution in [-0.4, -0.2) is 108 Å². The topological polar surface area (TPSA) is 145 Å². The Morgan fingerprint density at radius 2 is 1.85 bits per heavy atom. The van der Waals surface area contributed by atoms with E-state index in [1.165, 1.54) is 18.5 Å². The number of hydrogen-bond donors (Lipinski definition) is 2. The van der Waals surface area contributed by atoms with Crippen molar-refractivity contribution in [3.05, 3.63) is 48.3 Å². The number of carbonyl (C=O) groups excluding carboxylic acids is 3. The number of amides is 3. The number of ether oxygens (including phenoxy) is 1. The van der Waals surface area contributed by atoms with Crippen molar-refractivity contribution < 1.29 is 27.9 Å². The summed E-state index contributed by atoms with van der Waals surface area (Å²) in [6.45, 7) is 3.05. The van der Waals surface area contributed by atoms with Gasteiger partial charge in [0.1, 0.15) is 11.8 Å². The van der Waals surface area contributed by atoms with Crippen LogP contribution in [-0.2, 0) is 9.59 Å². The molecule has 41 heavy (non-hydrogen) atoms. The molecule has 2 aliphatic heterocycles. The van der Waals surface area contributed by atoms with Gasteiger partial charge >= 0.3 is 0 Å². The number of nitriles is 1. The standard InChI is InChI=1S/C28H33F2N7O4/c29-28(30)14-21(15-31)37(19-28)26(39)18-34-27(40)23-6-7-33-17-24(23)20-2-4-22(5-3-20)41-13-1-8-35-9-11-36(12-10-35)25(38)16-32/h2-7,17,21H,1,8-14,16,18-19,32H2,(H,34,40)/t21-/m0/s1. The minimum atomic E-state index is -3.13. The molecule has 3 amide bonds. The van der Waals surface area contributed by atoms with Gasteiger partial charge in [-0.3, -0.25) is 24.3 Å². The Bertz CT molecular complexity index is 1280. The van der Waals surface area contributed by atoms with Gasteiger partial charge < -0.3 is 25.6 Å². The number of benzene rings is 1. The van der Waals surface area contributed by atoms with Crippen LogP contribution >= 0.6 is 0 Å². The quantitative estimate of drug-likeness (QED) is 0.405. The molecule has 11 nitrogen and oxygen atoms in total. The summed E-state index contributed by atoms with van der Waals surface area (Å²) in [7, 11) is 0. The van der Waals surface area contributed by atoms with Crippen molar-refractivity contribution in [3.8, 4) is 22.9 Å². The Hall–Kier alpha value is -4.15. The summed E-state index contributed by atoms with van der Waals surface area (Å²) < 4.78 is 33.2. The predicted molar refractivity (Wildman–Crippen MR) is 145 cm³/mol. The predicted octanol–water partition coefficient (Wildman–Crippen LogP) is 1.11. The molecule has 2 fully saturated rings. The molecule has 1 atom stereocenters. The lowest BCUT2D eigenvalue weighted by Crippen LogP contribution is -2.50.